The number of rotatable bonds is 3. The molecule has 0 heterocycles. The van der Waals surface area contributed by atoms with Gasteiger partial charge in [0.05, 0.1) is 0 Å². The number of halogens is 1. The molecule has 0 aromatic heterocycles. The average molecular weight is 183 g/mol. The van der Waals surface area contributed by atoms with Crippen LogP contribution in [0.4, 0.5) is 0 Å². The van der Waals surface area contributed by atoms with E-state index in [0.717, 1.165) is 0 Å². The molecule has 2 nitrogen and oxygen atoms in total. The zero-order chi connectivity index (χ0) is 8.97. The summed E-state index contributed by atoms with van der Waals surface area (Å²) in [5.41, 5.74) is 0.632. The van der Waals surface area contributed by atoms with Gasteiger partial charge in [0.2, 0.25) is 5.24 Å². The molecule has 0 spiro atoms. The van der Waals surface area contributed by atoms with Crippen LogP contribution < -0.4 is 0 Å². The Morgan fingerprint density at radius 1 is 1.33 bits per heavy atom. The lowest BCUT2D eigenvalue weighted by atomic mass is 10.0. The van der Waals surface area contributed by atoms with Gasteiger partial charge in [0.1, 0.15) is 12.2 Å². The van der Waals surface area contributed by atoms with Crippen LogP contribution in [-0.4, -0.2) is 11.5 Å². The van der Waals surface area contributed by atoms with Gasteiger partial charge in [-0.05, 0) is 17.2 Å². The summed E-state index contributed by atoms with van der Waals surface area (Å²) in [5, 5.41) is -0.642. The Morgan fingerprint density at radius 3 is 2.33 bits per heavy atom. The Bertz CT molecular complexity index is 282. The van der Waals surface area contributed by atoms with E-state index in [9.17, 15) is 9.59 Å². The Balaban J connectivity index is 2.95. The summed E-state index contributed by atoms with van der Waals surface area (Å²) in [6.07, 6.45) is 0.546. The molecular weight excluding hydrogens is 176 g/mol. The molecule has 1 rings (SSSR count). The van der Waals surface area contributed by atoms with Gasteiger partial charge in [-0.25, -0.2) is 0 Å². The Labute approximate surface area is 75.2 Å². The Kier molecular flexibility index (Phi) is 3.00. The molecule has 0 saturated carbocycles. The third kappa shape index (κ3) is 1.92. The molecule has 0 unspecified atom stereocenters. The van der Waals surface area contributed by atoms with Crippen LogP contribution in [0.5, 0.6) is 0 Å². The van der Waals surface area contributed by atoms with Crippen LogP contribution >= 0.6 is 11.6 Å². The molecule has 62 valence electrons. The highest BCUT2D eigenvalue weighted by Crippen LogP contribution is 2.15. The predicted octanol–water partition coefficient (Wildman–Crippen LogP) is 1.73. The fourth-order valence-corrected chi connectivity index (χ4v) is 1.10. The molecule has 0 N–H and O–H groups in total. The van der Waals surface area contributed by atoms with E-state index < -0.39 is 11.2 Å². The molecule has 0 fully saturated rings. The van der Waals surface area contributed by atoms with Gasteiger partial charge in [-0.15, -0.1) is 0 Å². The van der Waals surface area contributed by atoms with Crippen molar-refractivity contribution < 1.29 is 9.59 Å². The molecular formula is C9H7ClO2. The SMILES string of the molecule is O=C[C@H](C(=O)Cl)c1ccccc1. The number of benzene rings is 1. The molecule has 0 aliphatic rings. The van der Waals surface area contributed by atoms with E-state index in [-0.39, 0.29) is 0 Å². The molecule has 0 aliphatic heterocycles. The number of aldehydes is 1. The van der Waals surface area contributed by atoms with Crippen molar-refractivity contribution >= 4 is 23.1 Å². The predicted molar refractivity (Wildman–Crippen MR) is 46.1 cm³/mol. The lowest BCUT2D eigenvalue weighted by molar-refractivity contribution is -0.118. The molecule has 0 aliphatic carbocycles. The van der Waals surface area contributed by atoms with Gasteiger partial charge >= 0.3 is 0 Å². The molecule has 3 heteroatoms. The van der Waals surface area contributed by atoms with E-state index in [4.69, 9.17) is 11.6 Å². The number of carbonyl (C=O) groups is 2. The molecule has 1 atom stereocenters. The second kappa shape index (κ2) is 4.02. The van der Waals surface area contributed by atoms with Gasteiger partial charge < -0.3 is 4.79 Å². The zero-order valence-corrected chi connectivity index (χ0v) is 6.99. The fourth-order valence-electron chi connectivity index (χ4n) is 0.923. The van der Waals surface area contributed by atoms with Crippen LogP contribution in [-0.2, 0) is 9.59 Å². The first-order valence-corrected chi connectivity index (χ1v) is 3.83. The van der Waals surface area contributed by atoms with Crippen molar-refractivity contribution in [3.8, 4) is 0 Å². The molecule has 0 radical (unpaired) electrons. The fraction of sp³-hybridized carbons (Fsp3) is 0.111. The molecule has 0 saturated heterocycles. The van der Waals surface area contributed by atoms with Crippen LogP contribution in [0.3, 0.4) is 0 Å². The van der Waals surface area contributed by atoms with E-state index in [0.29, 0.717) is 11.8 Å². The van der Waals surface area contributed by atoms with Gasteiger partial charge in [-0.2, -0.15) is 0 Å². The summed E-state index contributed by atoms with van der Waals surface area (Å²) in [5.74, 6) is -0.826. The van der Waals surface area contributed by atoms with Crippen molar-refractivity contribution in [2.45, 2.75) is 5.92 Å². The van der Waals surface area contributed by atoms with Gasteiger partial charge in [0.25, 0.3) is 0 Å². The third-order valence-corrected chi connectivity index (χ3v) is 1.77. The average Bonchev–Trinajstić information content (AvgIpc) is 2.07. The highest BCUT2D eigenvalue weighted by Gasteiger charge is 2.16. The summed E-state index contributed by atoms with van der Waals surface area (Å²) >= 11 is 5.21. The lowest BCUT2D eigenvalue weighted by Gasteiger charge is -2.03. The van der Waals surface area contributed by atoms with Crippen molar-refractivity contribution in [3.63, 3.8) is 0 Å². The van der Waals surface area contributed by atoms with Crippen molar-refractivity contribution in [1.29, 1.82) is 0 Å². The second-order valence-electron chi connectivity index (χ2n) is 2.33. The largest absolute Gasteiger partial charge is 0.302 e. The first-order valence-electron chi connectivity index (χ1n) is 3.45. The van der Waals surface area contributed by atoms with E-state index in [1.807, 2.05) is 6.07 Å². The van der Waals surface area contributed by atoms with Gasteiger partial charge in [0, 0.05) is 0 Å². The third-order valence-electron chi connectivity index (χ3n) is 1.54. The minimum Gasteiger partial charge on any atom is -0.302 e. The van der Waals surface area contributed by atoms with Crippen LogP contribution in [0.15, 0.2) is 30.3 Å². The van der Waals surface area contributed by atoms with E-state index in [2.05, 4.69) is 0 Å². The summed E-state index contributed by atoms with van der Waals surface area (Å²) in [7, 11) is 0. The molecule has 12 heavy (non-hydrogen) atoms. The molecule has 0 bridgehead atoms. The van der Waals surface area contributed by atoms with Crippen LogP contribution in [0.2, 0.25) is 0 Å². The van der Waals surface area contributed by atoms with Crippen molar-refractivity contribution in [1.82, 2.24) is 0 Å². The van der Waals surface area contributed by atoms with Gasteiger partial charge in [-0.1, -0.05) is 30.3 Å². The minimum absolute atomic E-state index is 0.546. The van der Waals surface area contributed by atoms with Crippen LogP contribution in [0.25, 0.3) is 0 Å². The smallest absolute Gasteiger partial charge is 0.236 e. The van der Waals surface area contributed by atoms with E-state index in [1.54, 1.807) is 24.3 Å². The second-order valence-corrected chi connectivity index (χ2v) is 2.70. The summed E-state index contributed by atoms with van der Waals surface area (Å²) in [4.78, 5) is 21.2. The van der Waals surface area contributed by atoms with Gasteiger partial charge in [0.15, 0.2) is 0 Å². The quantitative estimate of drug-likeness (QED) is 0.405. The number of hydrogen-bond donors (Lipinski definition) is 0. The monoisotopic (exact) mass is 182 g/mol. The van der Waals surface area contributed by atoms with Gasteiger partial charge in [-0.3, -0.25) is 4.79 Å². The normalized spacial score (nSPS) is 12.1. The number of carbonyl (C=O) groups excluding carboxylic acids is 2. The molecule has 0 amide bonds. The highest BCUT2D eigenvalue weighted by molar-refractivity contribution is 6.66. The van der Waals surface area contributed by atoms with Crippen molar-refractivity contribution in [2.24, 2.45) is 0 Å². The summed E-state index contributed by atoms with van der Waals surface area (Å²) < 4.78 is 0. The summed E-state index contributed by atoms with van der Waals surface area (Å²) in [6.45, 7) is 0. The highest BCUT2D eigenvalue weighted by atomic mass is 35.5. The van der Waals surface area contributed by atoms with Crippen LogP contribution in [0.1, 0.15) is 11.5 Å². The molecule has 1 aromatic rings. The van der Waals surface area contributed by atoms with E-state index in [1.165, 1.54) is 0 Å². The maximum absolute atomic E-state index is 10.7. The van der Waals surface area contributed by atoms with Crippen molar-refractivity contribution in [2.75, 3.05) is 0 Å². The lowest BCUT2D eigenvalue weighted by Crippen LogP contribution is -2.07. The number of hydrogen-bond acceptors (Lipinski definition) is 2. The first kappa shape index (κ1) is 8.94. The maximum atomic E-state index is 10.7. The maximum Gasteiger partial charge on any atom is 0.236 e. The van der Waals surface area contributed by atoms with Crippen LogP contribution in [0, 0.1) is 0 Å². The standard InChI is InChI=1S/C9H7ClO2/c10-9(12)8(6-11)7-4-2-1-3-5-7/h1-6,8H/t8-/m0/s1. The minimum atomic E-state index is -0.826. The Hall–Kier alpha value is -1.15. The first-order chi connectivity index (χ1) is 5.75. The topological polar surface area (TPSA) is 34.1 Å². The molecule has 1 aromatic carbocycles. The Morgan fingerprint density at radius 2 is 1.92 bits per heavy atom. The van der Waals surface area contributed by atoms with E-state index >= 15 is 0 Å². The zero-order valence-electron chi connectivity index (χ0n) is 6.24. The summed E-state index contributed by atoms with van der Waals surface area (Å²) in [6, 6.07) is 8.71. The van der Waals surface area contributed by atoms with Crippen molar-refractivity contribution in [3.05, 3.63) is 35.9 Å².